The summed E-state index contributed by atoms with van der Waals surface area (Å²) in [5.41, 5.74) is 4.03. The first kappa shape index (κ1) is 21.9. The maximum Gasteiger partial charge on any atom is 0.265 e. The highest BCUT2D eigenvalue weighted by atomic mass is 35.5. The Morgan fingerprint density at radius 1 is 1.19 bits per heavy atom. The van der Waals surface area contributed by atoms with E-state index in [4.69, 9.17) is 11.6 Å². The van der Waals surface area contributed by atoms with Crippen LogP contribution in [0, 0.1) is 6.92 Å². The number of hydrogen-bond donors (Lipinski definition) is 0. The molecule has 1 aromatic heterocycles. The van der Waals surface area contributed by atoms with E-state index in [9.17, 15) is 19.2 Å². The smallest absolute Gasteiger partial charge is 0.265 e. The van der Waals surface area contributed by atoms with Gasteiger partial charge >= 0.3 is 0 Å². The first-order chi connectivity index (χ1) is 14.8. The lowest BCUT2D eigenvalue weighted by Gasteiger charge is -2.29. The molecule has 1 aliphatic heterocycles. The van der Waals surface area contributed by atoms with Crippen molar-refractivity contribution in [1.82, 2.24) is 4.90 Å². The minimum absolute atomic E-state index is 0.0465. The highest BCUT2D eigenvalue weighted by molar-refractivity contribution is 7.12. The van der Waals surface area contributed by atoms with Crippen molar-refractivity contribution in [3.8, 4) is 0 Å². The van der Waals surface area contributed by atoms with Gasteiger partial charge in [0.25, 0.3) is 5.91 Å². The van der Waals surface area contributed by atoms with Gasteiger partial charge in [0, 0.05) is 30.8 Å². The minimum Gasteiger partial charge on any atom is -0.323 e. The molecule has 1 amide bonds. The Hall–Kier alpha value is -2.31. The summed E-state index contributed by atoms with van der Waals surface area (Å²) in [6.45, 7) is 2.35. The van der Waals surface area contributed by atoms with E-state index in [0.717, 1.165) is 22.3 Å². The average Bonchev–Trinajstić information content (AvgIpc) is 3.27. The fourth-order valence-corrected chi connectivity index (χ4v) is 5.55. The van der Waals surface area contributed by atoms with E-state index < -0.39 is 6.04 Å². The third-order valence-electron chi connectivity index (χ3n) is 6.18. The molecule has 0 N–H and O–H groups in total. The number of carbonyl (C=O) groups excluding carboxylic acids is 4. The maximum atomic E-state index is 12.8. The van der Waals surface area contributed by atoms with Crippen LogP contribution >= 0.6 is 22.9 Å². The van der Waals surface area contributed by atoms with Crippen LogP contribution in [-0.4, -0.2) is 34.2 Å². The Balaban J connectivity index is 1.33. The van der Waals surface area contributed by atoms with Crippen LogP contribution in [-0.2, 0) is 33.8 Å². The fraction of sp³-hybridized carbons (Fsp3) is 0.417. The molecule has 4 rings (SSSR count). The number of aryl methyl sites for hydroxylation is 3. The summed E-state index contributed by atoms with van der Waals surface area (Å²) >= 11 is 7.54. The number of carbonyl (C=O) groups is 4. The molecule has 1 aliphatic carbocycles. The maximum absolute atomic E-state index is 12.8. The number of nitrogens with zero attached hydrogens (tertiary/aromatic N) is 1. The summed E-state index contributed by atoms with van der Waals surface area (Å²) in [4.78, 5) is 51.3. The Kier molecular flexibility index (Phi) is 6.39. The lowest BCUT2D eigenvalue weighted by molar-refractivity contribution is -0.133. The van der Waals surface area contributed by atoms with Gasteiger partial charge in [-0.2, -0.15) is 0 Å². The normalized spacial score (nSPS) is 18.6. The second-order valence-corrected chi connectivity index (χ2v) is 9.65. The minimum atomic E-state index is -0.499. The molecule has 1 fully saturated rings. The molecule has 31 heavy (non-hydrogen) atoms. The lowest BCUT2D eigenvalue weighted by Crippen LogP contribution is -2.44. The van der Waals surface area contributed by atoms with Crippen molar-refractivity contribution in [2.24, 2.45) is 0 Å². The summed E-state index contributed by atoms with van der Waals surface area (Å²) in [7, 11) is 0. The molecule has 5 nitrogen and oxygen atoms in total. The zero-order valence-corrected chi connectivity index (χ0v) is 19.0. The quantitative estimate of drug-likeness (QED) is 0.574. The molecular formula is C24H24ClNO4S. The number of thiophene rings is 1. The van der Waals surface area contributed by atoms with Crippen LogP contribution in [0.25, 0.3) is 0 Å². The van der Waals surface area contributed by atoms with Crippen LogP contribution in [0.2, 0.25) is 5.02 Å². The molecule has 2 heterocycles. The van der Waals surface area contributed by atoms with Crippen LogP contribution in [0.1, 0.15) is 64.0 Å². The van der Waals surface area contributed by atoms with Gasteiger partial charge in [0.1, 0.15) is 11.6 Å². The number of fused-ring (bicyclic) bond motifs is 1. The van der Waals surface area contributed by atoms with Gasteiger partial charge in [-0.25, -0.2) is 0 Å². The number of Topliss-reactive ketones (excluding diaryl/α,β-unsaturated/α-hetero) is 3. The largest absolute Gasteiger partial charge is 0.323 e. The Bertz CT molecular complexity index is 1070. The van der Waals surface area contributed by atoms with E-state index in [1.807, 2.05) is 30.5 Å². The molecule has 0 saturated heterocycles. The monoisotopic (exact) mass is 457 g/mol. The molecule has 1 saturated carbocycles. The van der Waals surface area contributed by atoms with Crippen LogP contribution in [0.15, 0.2) is 23.6 Å². The van der Waals surface area contributed by atoms with Crippen LogP contribution in [0.5, 0.6) is 0 Å². The second kappa shape index (κ2) is 9.05. The van der Waals surface area contributed by atoms with Gasteiger partial charge in [0.15, 0.2) is 5.78 Å². The molecule has 2 aliphatic rings. The van der Waals surface area contributed by atoms with Crippen LogP contribution in [0.4, 0.5) is 0 Å². The summed E-state index contributed by atoms with van der Waals surface area (Å²) < 4.78 is 0. The van der Waals surface area contributed by atoms with E-state index in [2.05, 4.69) is 0 Å². The zero-order valence-electron chi connectivity index (χ0n) is 17.4. The molecule has 0 bridgehead atoms. The molecule has 7 heteroatoms. The molecular weight excluding hydrogens is 434 g/mol. The SMILES string of the molecule is Cc1ccc(CCC(=O)CCc2csc3c2CN(C2CCC(=O)CC2=O)C3=O)cc1Cl. The standard InChI is InChI=1S/C24H24ClNO4S/c1-14-2-3-15(10-20(14)25)4-6-17(27)7-5-16-13-31-23-19(16)12-26(24(23)30)21-9-8-18(28)11-22(21)29/h2-3,10,13,21H,4-9,11-12H2,1H3. The van der Waals surface area contributed by atoms with Crippen molar-refractivity contribution >= 4 is 46.2 Å². The third kappa shape index (κ3) is 4.65. The van der Waals surface area contributed by atoms with Crippen molar-refractivity contribution in [1.29, 1.82) is 0 Å². The van der Waals surface area contributed by atoms with Gasteiger partial charge < -0.3 is 4.90 Å². The number of benzene rings is 1. The first-order valence-electron chi connectivity index (χ1n) is 10.5. The van der Waals surface area contributed by atoms with E-state index in [1.54, 1.807) is 4.90 Å². The van der Waals surface area contributed by atoms with Gasteiger partial charge in [-0.05, 0) is 59.9 Å². The van der Waals surface area contributed by atoms with E-state index >= 15 is 0 Å². The van der Waals surface area contributed by atoms with Crippen molar-refractivity contribution in [2.75, 3.05) is 0 Å². The van der Waals surface area contributed by atoms with Gasteiger partial charge in [-0.3, -0.25) is 19.2 Å². The predicted octanol–water partition coefficient (Wildman–Crippen LogP) is 4.49. The molecule has 1 aromatic carbocycles. The summed E-state index contributed by atoms with van der Waals surface area (Å²) in [6.07, 6.45) is 2.83. The van der Waals surface area contributed by atoms with Crippen molar-refractivity contribution in [2.45, 2.75) is 64.5 Å². The Morgan fingerprint density at radius 3 is 2.71 bits per heavy atom. The third-order valence-corrected chi connectivity index (χ3v) is 7.65. The Labute approximate surface area is 190 Å². The second-order valence-electron chi connectivity index (χ2n) is 8.36. The lowest BCUT2D eigenvalue weighted by atomic mass is 9.92. The number of amides is 1. The van der Waals surface area contributed by atoms with E-state index in [0.29, 0.717) is 55.0 Å². The summed E-state index contributed by atoms with van der Waals surface area (Å²) in [6, 6.07) is 5.38. The number of halogens is 1. The van der Waals surface area contributed by atoms with Crippen LogP contribution < -0.4 is 0 Å². The number of hydrogen-bond acceptors (Lipinski definition) is 5. The summed E-state index contributed by atoms with van der Waals surface area (Å²) in [5, 5.41) is 2.67. The highest BCUT2D eigenvalue weighted by Gasteiger charge is 2.40. The Morgan fingerprint density at radius 2 is 1.97 bits per heavy atom. The van der Waals surface area contributed by atoms with Crippen molar-refractivity contribution in [3.63, 3.8) is 0 Å². The van der Waals surface area contributed by atoms with Gasteiger partial charge in [-0.15, -0.1) is 11.3 Å². The molecule has 0 spiro atoms. The van der Waals surface area contributed by atoms with E-state index in [-0.39, 0.29) is 29.7 Å². The highest BCUT2D eigenvalue weighted by Crippen LogP contribution is 2.35. The number of rotatable bonds is 7. The van der Waals surface area contributed by atoms with E-state index in [1.165, 1.54) is 11.3 Å². The fourth-order valence-electron chi connectivity index (χ4n) is 4.27. The molecule has 0 radical (unpaired) electrons. The van der Waals surface area contributed by atoms with Gasteiger partial charge in [-0.1, -0.05) is 23.7 Å². The molecule has 1 atom stereocenters. The molecule has 2 aromatic rings. The topological polar surface area (TPSA) is 71.5 Å². The van der Waals surface area contributed by atoms with Gasteiger partial charge in [0.05, 0.1) is 17.3 Å². The zero-order chi connectivity index (χ0) is 22.1. The summed E-state index contributed by atoms with van der Waals surface area (Å²) in [5.74, 6) is -0.150. The first-order valence-corrected chi connectivity index (χ1v) is 11.8. The number of ketones is 3. The molecule has 1 unspecified atom stereocenters. The van der Waals surface area contributed by atoms with Crippen LogP contribution in [0.3, 0.4) is 0 Å². The van der Waals surface area contributed by atoms with Gasteiger partial charge in [0.2, 0.25) is 0 Å². The predicted molar refractivity (Wildman–Crippen MR) is 120 cm³/mol. The van der Waals surface area contributed by atoms with Crippen molar-refractivity contribution < 1.29 is 19.2 Å². The average molecular weight is 458 g/mol. The van der Waals surface area contributed by atoms with Crippen molar-refractivity contribution in [3.05, 3.63) is 55.7 Å². The molecule has 162 valence electrons.